The molecular formula is C20H25F2N5O2S. The lowest BCUT2D eigenvalue weighted by atomic mass is 10.2. The molecule has 2 aromatic rings. The summed E-state index contributed by atoms with van der Waals surface area (Å²) in [4.78, 5) is 3.72. The number of anilines is 2. The molecule has 0 N–H and O–H groups in total. The summed E-state index contributed by atoms with van der Waals surface area (Å²) in [5, 5.41) is 8.71. The molecule has 2 fully saturated rings. The Kier molecular flexibility index (Phi) is 6.14. The molecule has 0 radical (unpaired) electrons. The third-order valence-electron chi connectivity index (χ3n) is 5.64. The predicted octanol–water partition coefficient (Wildman–Crippen LogP) is 2.65. The molecule has 2 aliphatic heterocycles. The number of hydrogen-bond acceptors (Lipinski definition) is 6. The Morgan fingerprint density at radius 1 is 0.733 bits per heavy atom. The molecule has 0 aliphatic carbocycles. The van der Waals surface area contributed by atoms with Crippen molar-refractivity contribution in [3.05, 3.63) is 42.0 Å². The Bertz CT molecular complexity index is 971. The average Bonchev–Trinajstić information content (AvgIpc) is 3.03. The van der Waals surface area contributed by atoms with Crippen LogP contribution < -0.4 is 9.80 Å². The van der Waals surface area contributed by atoms with Crippen molar-refractivity contribution < 1.29 is 17.2 Å². The molecule has 30 heavy (non-hydrogen) atoms. The lowest BCUT2D eigenvalue weighted by Crippen LogP contribution is -2.49. The van der Waals surface area contributed by atoms with Gasteiger partial charge in [0.1, 0.15) is 16.5 Å². The number of sulfonamides is 1. The second-order valence-corrected chi connectivity index (χ2v) is 9.52. The van der Waals surface area contributed by atoms with Crippen molar-refractivity contribution in [3.63, 3.8) is 0 Å². The highest BCUT2D eigenvalue weighted by Gasteiger charge is 2.31. The Morgan fingerprint density at radius 3 is 1.83 bits per heavy atom. The van der Waals surface area contributed by atoms with Crippen LogP contribution in [0, 0.1) is 11.6 Å². The first-order valence-electron chi connectivity index (χ1n) is 10.2. The van der Waals surface area contributed by atoms with Crippen molar-refractivity contribution in [3.8, 4) is 0 Å². The summed E-state index contributed by atoms with van der Waals surface area (Å²) in [6.07, 6.45) is 4.82. The highest BCUT2D eigenvalue weighted by atomic mass is 32.2. The minimum Gasteiger partial charge on any atom is -0.355 e. The van der Waals surface area contributed by atoms with Gasteiger partial charge in [-0.1, -0.05) is 12.8 Å². The van der Waals surface area contributed by atoms with Crippen LogP contribution in [-0.2, 0) is 10.0 Å². The first-order valence-corrected chi connectivity index (χ1v) is 11.7. The van der Waals surface area contributed by atoms with E-state index in [1.165, 1.54) is 17.1 Å². The molecule has 3 heterocycles. The zero-order valence-electron chi connectivity index (χ0n) is 16.7. The van der Waals surface area contributed by atoms with Gasteiger partial charge in [0.15, 0.2) is 11.6 Å². The van der Waals surface area contributed by atoms with Crippen LogP contribution in [0.15, 0.2) is 35.2 Å². The second kappa shape index (κ2) is 8.81. The van der Waals surface area contributed by atoms with E-state index in [0.717, 1.165) is 43.9 Å². The monoisotopic (exact) mass is 437 g/mol. The van der Waals surface area contributed by atoms with E-state index in [4.69, 9.17) is 0 Å². The summed E-state index contributed by atoms with van der Waals surface area (Å²) in [5.41, 5.74) is 0. The van der Waals surface area contributed by atoms with Crippen molar-refractivity contribution in [2.45, 2.75) is 30.6 Å². The van der Waals surface area contributed by atoms with Gasteiger partial charge in [0, 0.05) is 45.3 Å². The number of halogens is 2. The molecular weight excluding hydrogens is 412 g/mol. The number of hydrogen-bond donors (Lipinski definition) is 0. The largest absolute Gasteiger partial charge is 0.355 e. The SMILES string of the molecule is O=S(=O)(c1ccc(F)cc1F)N1CCN(c2ccc(N3CCCCCC3)nn2)CC1. The topological polar surface area (TPSA) is 69.6 Å². The van der Waals surface area contributed by atoms with Gasteiger partial charge in [-0.2, -0.15) is 4.31 Å². The van der Waals surface area contributed by atoms with Crippen LogP contribution >= 0.6 is 0 Å². The van der Waals surface area contributed by atoms with Crippen LogP contribution in [0.2, 0.25) is 0 Å². The van der Waals surface area contributed by atoms with Crippen molar-refractivity contribution in [2.24, 2.45) is 0 Å². The second-order valence-electron chi connectivity index (χ2n) is 7.62. The van der Waals surface area contributed by atoms with Gasteiger partial charge in [-0.15, -0.1) is 10.2 Å². The third kappa shape index (κ3) is 4.39. The molecule has 1 aromatic carbocycles. The zero-order chi connectivity index (χ0) is 21.1. The molecule has 0 bridgehead atoms. The highest BCUT2D eigenvalue weighted by Crippen LogP contribution is 2.24. The molecule has 162 valence electrons. The van der Waals surface area contributed by atoms with E-state index in [-0.39, 0.29) is 13.1 Å². The maximum absolute atomic E-state index is 14.0. The fraction of sp³-hybridized carbons (Fsp3) is 0.500. The molecule has 0 atom stereocenters. The highest BCUT2D eigenvalue weighted by molar-refractivity contribution is 7.89. The van der Waals surface area contributed by atoms with Crippen LogP contribution in [0.4, 0.5) is 20.4 Å². The summed E-state index contributed by atoms with van der Waals surface area (Å²) in [7, 11) is -4.02. The lowest BCUT2D eigenvalue weighted by Gasteiger charge is -2.34. The summed E-state index contributed by atoms with van der Waals surface area (Å²) in [6.45, 7) is 3.19. The van der Waals surface area contributed by atoms with Crippen LogP contribution in [0.1, 0.15) is 25.7 Å². The molecule has 7 nitrogen and oxygen atoms in total. The van der Waals surface area contributed by atoms with Gasteiger partial charge in [0.2, 0.25) is 10.0 Å². The molecule has 0 spiro atoms. The van der Waals surface area contributed by atoms with Gasteiger partial charge in [-0.3, -0.25) is 0 Å². The van der Waals surface area contributed by atoms with Crippen LogP contribution in [-0.4, -0.2) is 62.2 Å². The number of aromatic nitrogens is 2. The van der Waals surface area contributed by atoms with E-state index in [2.05, 4.69) is 15.1 Å². The van der Waals surface area contributed by atoms with Crippen molar-refractivity contribution in [1.82, 2.24) is 14.5 Å². The molecule has 4 rings (SSSR count). The van der Waals surface area contributed by atoms with Crippen molar-refractivity contribution in [1.29, 1.82) is 0 Å². The van der Waals surface area contributed by atoms with E-state index in [0.29, 0.717) is 25.0 Å². The normalized spacial score (nSPS) is 19.0. The minimum atomic E-state index is -4.02. The van der Waals surface area contributed by atoms with Crippen LogP contribution in [0.3, 0.4) is 0 Å². The first-order chi connectivity index (χ1) is 14.4. The molecule has 0 saturated carbocycles. The van der Waals surface area contributed by atoms with Crippen molar-refractivity contribution in [2.75, 3.05) is 49.1 Å². The van der Waals surface area contributed by atoms with Gasteiger partial charge in [-0.05, 0) is 37.1 Å². The van der Waals surface area contributed by atoms with E-state index in [1.807, 2.05) is 17.0 Å². The summed E-state index contributed by atoms with van der Waals surface area (Å²) in [6, 6.07) is 6.39. The first kappa shape index (κ1) is 20.9. The Labute approximate surface area is 175 Å². The van der Waals surface area contributed by atoms with Gasteiger partial charge in [-0.25, -0.2) is 17.2 Å². The zero-order valence-corrected chi connectivity index (χ0v) is 17.5. The average molecular weight is 438 g/mol. The number of benzene rings is 1. The van der Waals surface area contributed by atoms with E-state index in [1.54, 1.807) is 0 Å². The standard InChI is InChI=1S/C20H25F2N5O2S/c21-16-5-6-18(17(22)15-16)30(28,29)27-13-11-26(12-14-27)20-8-7-19(23-24-20)25-9-3-1-2-4-10-25/h5-8,15H,1-4,9-14H2. The number of rotatable bonds is 4. The Morgan fingerprint density at radius 2 is 1.30 bits per heavy atom. The van der Waals surface area contributed by atoms with E-state index < -0.39 is 26.6 Å². The number of piperazine rings is 1. The fourth-order valence-corrected chi connectivity index (χ4v) is 5.40. The third-order valence-corrected chi connectivity index (χ3v) is 7.57. The smallest absolute Gasteiger partial charge is 0.246 e. The summed E-state index contributed by atoms with van der Waals surface area (Å²) in [5.74, 6) is -0.321. The van der Waals surface area contributed by atoms with E-state index in [9.17, 15) is 17.2 Å². The maximum atomic E-state index is 14.0. The van der Waals surface area contributed by atoms with Crippen LogP contribution in [0.5, 0.6) is 0 Å². The van der Waals surface area contributed by atoms with Gasteiger partial charge in [0.25, 0.3) is 0 Å². The summed E-state index contributed by atoms with van der Waals surface area (Å²) < 4.78 is 53.8. The lowest BCUT2D eigenvalue weighted by molar-refractivity contribution is 0.380. The predicted molar refractivity (Wildman–Crippen MR) is 110 cm³/mol. The number of nitrogens with zero attached hydrogens (tertiary/aromatic N) is 5. The van der Waals surface area contributed by atoms with Crippen molar-refractivity contribution >= 4 is 21.7 Å². The van der Waals surface area contributed by atoms with E-state index >= 15 is 0 Å². The van der Waals surface area contributed by atoms with Gasteiger partial charge >= 0.3 is 0 Å². The molecule has 10 heteroatoms. The molecule has 2 saturated heterocycles. The van der Waals surface area contributed by atoms with Gasteiger partial charge in [0.05, 0.1) is 0 Å². The maximum Gasteiger partial charge on any atom is 0.246 e. The fourth-order valence-electron chi connectivity index (χ4n) is 3.94. The molecule has 0 unspecified atom stereocenters. The van der Waals surface area contributed by atoms with Gasteiger partial charge < -0.3 is 9.80 Å². The molecule has 0 amide bonds. The minimum absolute atomic E-state index is 0.189. The Balaban J connectivity index is 1.40. The molecule has 1 aromatic heterocycles. The Hall–Kier alpha value is -2.33. The molecule has 2 aliphatic rings. The van der Waals surface area contributed by atoms with Crippen LogP contribution in [0.25, 0.3) is 0 Å². The quantitative estimate of drug-likeness (QED) is 0.733. The summed E-state index contributed by atoms with van der Waals surface area (Å²) >= 11 is 0.